The van der Waals surface area contributed by atoms with Crippen LogP contribution in [0.15, 0.2) is 0 Å². The maximum absolute atomic E-state index is 5.47. The summed E-state index contributed by atoms with van der Waals surface area (Å²) in [7, 11) is 0. The molecular formula is C9H20O2. The number of hydrogen-bond acceptors (Lipinski definition) is 2. The topological polar surface area (TPSA) is 18.5 Å². The van der Waals surface area contributed by atoms with Crippen LogP contribution >= 0.6 is 0 Å². The van der Waals surface area contributed by atoms with Gasteiger partial charge in [0, 0.05) is 19.1 Å². The molecule has 68 valence electrons. The van der Waals surface area contributed by atoms with E-state index in [1.54, 1.807) is 0 Å². The molecule has 0 radical (unpaired) electrons. The normalized spacial score (nSPS) is 13.9. The van der Waals surface area contributed by atoms with Crippen molar-refractivity contribution < 1.29 is 9.47 Å². The van der Waals surface area contributed by atoms with Gasteiger partial charge in [-0.15, -0.1) is 0 Å². The number of ether oxygens (including phenoxy) is 2. The summed E-state index contributed by atoms with van der Waals surface area (Å²) in [4.78, 5) is 0. The van der Waals surface area contributed by atoms with Crippen molar-refractivity contribution in [1.82, 2.24) is 0 Å². The van der Waals surface area contributed by atoms with Crippen molar-refractivity contribution >= 4 is 0 Å². The molecule has 0 aliphatic carbocycles. The van der Waals surface area contributed by atoms with Crippen molar-refractivity contribution in [2.24, 2.45) is 5.92 Å². The standard InChI is InChI=1S/C9H20O2/c1-5-7-11-9(8(3)4)10-6-2/h8-9H,5-7H2,1-4H3. The van der Waals surface area contributed by atoms with Gasteiger partial charge in [0.1, 0.15) is 0 Å². The van der Waals surface area contributed by atoms with E-state index in [1.165, 1.54) is 0 Å². The van der Waals surface area contributed by atoms with Crippen LogP contribution in [0, 0.1) is 5.92 Å². The Morgan fingerprint density at radius 2 is 1.73 bits per heavy atom. The third-order valence-electron chi connectivity index (χ3n) is 1.36. The van der Waals surface area contributed by atoms with Crippen LogP contribution in [-0.4, -0.2) is 19.5 Å². The molecule has 0 saturated carbocycles. The van der Waals surface area contributed by atoms with Crippen LogP contribution in [0.3, 0.4) is 0 Å². The first-order valence-electron chi connectivity index (χ1n) is 4.45. The molecule has 1 atom stereocenters. The van der Waals surface area contributed by atoms with Gasteiger partial charge in [-0.25, -0.2) is 0 Å². The van der Waals surface area contributed by atoms with E-state index in [-0.39, 0.29) is 6.29 Å². The molecule has 2 nitrogen and oxygen atoms in total. The summed E-state index contributed by atoms with van der Waals surface area (Å²) in [6, 6.07) is 0. The van der Waals surface area contributed by atoms with Crippen LogP contribution in [0.1, 0.15) is 34.1 Å². The van der Waals surface area contributed by atoms with E-state index in [4.69, 9.17) is 9.47 Å². The quantitative estimate of drug-likeness (QED) is 0.556. The van der Waals surface area contributed by atoms with Crippen molar-refractivity contribution in [2.75, 3.05) is 13.2 Å². The molecule has 1 unspecified atom stereocenters. The lowest BCUT2D eigenvalue weighted by Crippen LogP contribution is -2.23. The zero-order valence-corrected chi connectivity index (χ0v) is 8.09. The molecule has 0 amide bonds. The van der Waals surface area contributed by atoms with E-state index in [1.807, 2.05) is 6.92 Å². The van der Waals surface area contributed by atoms with Crippen LogP contribution in [0.2, 0.25) is 0 Å². The molecule has 0 aromatic heterocycles. The minimum absolute atomic E-state index is 0.0139. The summed E-state index contributed by atoms with van der Waals surface area (Å²) >= 11 is 0. The third kappa shape index (κ3) is 5.22. The van der Waals surface area contributed by atoms with Crippen molar-refractivity contribution in [3.8, 4) is 0 Å². The van der Waals surface area contributed by atoms with Gasteiger partial charge >= 0.3 is 0 Å². The number of rotatable bonds is 6. The van der Waals surface area contributed by atoms with E-state index in [0.717, 1.165) is 19.6 Å². The Morgan fingerprint density at radius 1 is 1.09 bits per heavy atom. The van der Waals surface area contributed by atoms with E-state index in [9.17, 15) is 0 Å². The Morgan fingerprint density at radius 3 is 2.09 bits per heavy atom. The summed E-state index contributed by atoms with van der Waals surface area (Å²) in [6.45, 7) is 9.83. The third-order valence-corrected chi connectivity index (χ3v) is 1.36. The first-order chi connectivity index (χ1) is 5.22. The van der Waals surface area contributed by atoms with Gasteiger partial charge in [-0.1, -0.05) is 20.8 Å². The highest BCUT2D eigenvalue weighted by Crippen LogP contribution is 2.08. The molecule has 0 heterocycles. The predicted molar refractivity (Wildman–Crippen MR) is 46.5 cm³/mol. The monoisotopic (exact) mass is 160 g/mol. The molecule has 0 aromatic carbocycles. The predicted octanol–water partition coefficient (Wildman–Crippen LogP) is 2.43. The Hall–Kier alpha value is -0.0800. The average Bonchev–Trinajstić information content (AvgIpc) is 1.97. The van der Waals surface area contributed by atoms with E-state index >= 15 is 0 Å². The van der Waals surface area contributed by atoms with Crippen LogP contribution in [0.4, 0.5) is 0 Å². The van der Waals surface area contributed by atoms with Gasteiger partial charge in [0.15, 0.2) is 6.29 Å². The number of hydrogen-bond donors (Lipinski definition) is 0. The van der Waals surface area contributed by atoms with Crippen LogP contribution in [-0.2, 0) is 9.47 Å². The molecule has 0 aliphatic rings. The first kappa shape index (κ1) is 10.9. The van der Waals surface area contributed by atoms with Crippen LogP contribution in [0.25, 0.3) is 0 Å². The molecule has 0 rings (SSSR count). The highest BCUT2D eigenvalue weighted by molar-refractivity contribution is 4.49. The minimum Gasteiger partial charge on any atom is -0.353 e. The Labute approximate surface area is 69.9 Å². The fourth-order valence-electron chi connectivity index (χ4n) is 0.831. The van der Waals surface area contributed by atoms with E-state index in [0.29, 0.717) is 5.92 Å². The molecule has 0 spiro atoms. The fourth-order valence-corrected chi connectivity index (χ4v) is 0.831. The van der Waals surface area contributed by atoms with Crippen molar-refractivity contribution in [3.05, 3.63) is 0 Å². The van der Waals surface area contributed by atoms with E-state index < -0.39 is 0 Å². The van der Waals surface area contributed by atoms with Gasteiger partial charge in [-0.3, -0.25) is 0 Å². The minimum atomic E-state index is -0.0139. The van der Waals surface area contributed by atoms with Gasteiger partial charge in [-0.05, 0) is 13.3 Å². The maximum Gasteiger partial charge on any atom is 0.159 e. The van der Waals surface area contributed by atoms with Gasteiger partial charge in [-0.2, -0.15) is 0 Å². The molecule has 0 fully saturated rings. The largest absolute Gasteiger partial charge is 0.353 e. The molecule has 0 N–H and O–H groups in total. The van der Waals surface area contributed by atoms with Crippen molar-refractivity contribution in [1.29, 1.82) is 0 Å². The summed E-state index contributed by atoms with van der Waals surface area (Å²) in [5.74, 6) is 0.446. The Balaban J connectivity index is 3.51. The maximum atomic E-state index is 5.47. The molecule has 0 bridgehead atoms. The Bertz CT molecular complexity index is 81.6. The van der Waals surface area contributed by atoms with Crippen molar-refractivity contribution in [3.63, 3.8) is 0 Å². The van der Waals surface area contributed by atoms with E-state index in [2.05, 4.69) is 20.8 Å². The summed E-state index contributed by atoms with van der Waals surface area (Å²) in [6.07, 6.45) is 1.04. The summed E-state index contributed by atoms with van der Waals surface area (Å²) in [5, 5.41) is 0. The SMILES string of the molecule is CCCOC(OCC)C(C)C. The first-order valence-corrected chi connectivity index (χ1v) is 4.45. The van der Waals surface area contributed by atoms with Gasteiger partial charge < -0.3 is 9.47 Å². The molecule has 11 heavy (non-hydrogen) atoms. The molecule has 0 aliphatic heterocycles. The van der Waals surface area contributed by atoms with Crippen LogP contribution < -0.4 is 0 Å². The van der Waals surface area contributed by atoms with Crippen molar-refractivity contribution in [2.45, 2.75) is 40.4 Å². The lowest BCUT2D eigenvalue weighted by molar-refractivity contribution is -0.162. The fraction of sp³-hybridized carbons (Fsp3) is 1.00. The highest BCUT2D eigenvalue weighted by Gasteiger charge is 2.12. The lowest BCUT2D eigenvalue weighted by Gasteiger charge is -2.20. The lowest BCUT2D eigenvalue weighted by atomic mass is 10.2. The zero-order valence-electron chi connectivity index (χ0n) is 8.09. The molecule has 0 saturated heterocycles. The van der Waals surface area contributed by atoms with Gasteiger partial charge in [0.05, 0.1) is 0 Å². The highest BCUT2D eigenvalue weighted by atomic mass is 16.7. The zero-order chi connectivity index (χ0) is 8.69. The second-order valence-electron chi connectivity index (χ2n) is 2.94. The molecule has 2 heteroatoms. The Kier molecular flexibility index (Phi) is 6.57. The van der Waals surface area contributed by atoms with Gasteiger partial charge in [0.25, 0.3) is 0 Å². The summed E-state index contributed by atoms with van der Waals surface area (Å²) < 4.78 is 10.9. The van der Waals surface area contributed by atoms with Gasteiger partial charge in [0.2, 0.25) is 0 Å². The second-order valence-corrected chi connectivity index (χ2v) is 2.94. The molecule has 0 aromatic rings. The smallest absolute Gasteiger partial charge is 0.159 e. The average molecular weight is 160 g/mol. The summed E-state index contributed by atoms with van der Waals surface area (Å²) in [5.41, 5.74) is 0. The van der Waals surface area contributed by atoms with Crippen LogP contribution in [0.5, 0.6) is 0 Å². The second kappa shape index (κ2) is 6.62. The molecular weight excluding hydrogens is 140 g/mol.